The number of aromatic nitrogens is 1. The molecule has 0 aromatic carbocycles. The standard InChI is InChI=1S/C8H6ClF3INO/c1-4-2-6(13)5(3-9)7(14-4)15-8(10,11)12/h2H,3H2,1H3. The van der Waals surface area contributed by atoms with Crippen molar-refractivity contribution in [3.8, 4) is 5.88 Å². The second-order valence-electron chi connectivity index (χ2n) is 2.71. The van der Waals surface area contributed by atoms with Gasteiger partial charge in [-0.05, 0) is 35.6 Å². The van der Waals surface area contributed by atoms with Crippen LogP contribution in [0.3, 0.4) is 0 Å². The minimum Gasteiger partial charge on any atom is -0.387 e. The maximum absolute atomic E-state index is 12.0. The van der Waals surface area contributed by atoms with Gasteiger partial charge in [-0.2, -0.15) is 0 Å². The van der Waals surface area contributed by atoms with Gasteiger partial charge < -0.3 is 4.74 Å². The molecule has 0 saturated carbocycles. The summed E-state index contributed by atoms with van der Waals surface area (Å²) in [6, 6.07) is 1.64. The Balaban J connectivity index is 3.15. The number of hydrogen-bond donors (Lipinski definition) is 0. The van der Waals surface area contributed by atoms with Crippen LogP contribution in [0.2, 0.25) is 0 Å². The highest BCUT2D eigenvalue weighted by Crippen LogP contribution is 2.29. The van der Waals surface area contributed by atoms with Crippen molar-refractivity contribution in [2.45, 2.75) is 19.2 Å². The summed E-state index contributed by atoms with van der Waals surface area (Å²) in [5.74, 6) is -0.543. The zero-order valence-corrected chi connectivity index (χ0v) is 10.4. The molecule has 0 aliphatic rings. The van der Waals surface area contributed by atoms with Crippen LogP contribution in [-0.2, 0) is 5.88 Å². The maximum atomic E-state index is 12.0. The zero-order valence-electron chi connectivity index (χ0n) is 7.53. The first-order valence-corrected chi connectivity index (χ1v) is 5.42. The van der Waals surface area contributed by atoms with Crippen molar-refractivity contribution in [2.24, 2.45) is 0 Å². The highest BCUT2D eigenvalue weighted by Gasteiger charge is 2.33. The molecule has 7 heteroatoms. The second kappa shape index (κ2) is 4.73. The normalized spacial score (nSPS) is 11.6. The first-order valence-electron chi connectivity index (χ1n) is 3.81. The second-order valence-corrected chi connectivity index (χ2v) is 4.14. The third-order valence-electron chi connectivity index (χ3n) is 1.51. The van der Waals surface area contributed by atoms with Crippen molar-refractivity contribution < 1.29 is 17.9 Å². The molecule has 0 aliphatic carbocycles. The van der Waals surface area contributed by atoms with E-state index in [0.29, 0.717) is 9.26 Å². The minimum atomic E-state index is -4.75. The molecule has 1 rings (SSSR count). The summed E-state index contributed by atoms with van der Waals surface area (Å²) in [6.07, 6.45) is -4.75. The third kappa shape index (κ3) is 3.67. The van der Waals surface area contributed by atoms with Crippen molar-refractivity contribution >= 4 is 34.2 Å². The summed E-state index contributed by atoms with van der Waals surface area (Å²) in [4.78, 5) is 3.66. The quantitative estimate of drug-likeness (QED) is 0.600. The number of ether oxygens (including phenoxy) is 1. The van der Waals surface area contributed by atoms with Crippen molar-refractivity contribution in [2.75, 3.05) is 0 Å². The number of pyridine rings is 1. The fraction of sp³-hybridized carbons (Fsp3) is 0.375. The summed E-state index contributed by atoms with van der Waals surface area (Å²) in [5.41, 5.74) is 0.702. The van der Waals surface area contributed by atoms with Gasteiger partial charge in [0.1, 0.15) is 0 Å². The number of aryl methyl sites for hydroxylation is 1. The van der Waals surface area contributed by atoms with E-state index >= 15 is 0 Å². The number of halogens is 5. The van der Waals surface area contributed by atoms with E-state index in [1.807, 2.05) is 22.6 Å². The lowest BCUT2D eigenvalue weighted by atomic mass is 10.3. The van der Waals surface area contributed by atoms with Crippen LogP contribution in [0.25, 0.3) is 0 Å². The molecule has 0 amide bonds. The fourth-order valence-corrected chi connectivity index (χ4v) is 2.30. The Kier molecular flexibility index (Phi) is 4.05. The average Bonchev–Trinajstić information content (AvgIpc) is 1.99. The van der Waals surface area contributed by atoms with Gasteiger partial charge in [-0.3, -0.25) is 0 Å². The molecular weight excluding hydrogens is 345 g/mol. The lowest BCUT2D eigenvalue weighted by Gasteiger charge is -2.12. The number of rotatable bonds is 2. The highest BCUT2D eigenvalue weighted by molar-refractivity contribution is 14.1. The molecule has 0 unspecified atom stereocenters. The zero-order chi connectivity index (χ0) is 11.6. The molecule has 0 saturated heterocycles. The molecule has 0 radical (unpaired) electrons. The lowest BCUT2D eigenvalue weighted by molar-refractivity contribution is -0.276. The molecule has 0 spiro atoms. The van der Waals surface area contributed by atoms with Crippen LogP contribution in [0.4, 0.5) is 13.2 Å². The van der Waals surface area contributed by atoms with Crippen LogP contribution in [0.5, 0.6) is 5.88 Å². The number of nitrogens with zero attached hydrogens (tertiary/aromatic N) is 1. The van der Waals surface area contributed by atoms with Crippen molar-refractivity contribution in [1.82, 2.24) is 4.98 Å². The first kappa shape index (κ1) is 12.8. The summed E-state index contributed by atoms with van der Waals surface area (Å²) in [6.45, 7) is 1.59. The lowest BCUT2D eigenvalue weighted by Crippen LogP contribution is -2.19. The van der Waals surface area contributed by atoms with Crippen LogP contribution in [0.15, 0.2) is 6.07 Å². The molecule has 2 nitrogen and oxygen atoms in total. The Hall–Kier alpha value is -0.240. The predicted molar refractivity (Wildman–Crippen MR) is 57.9 cm³/mol. The van der Waals surface area contributed by atoms with E-state index < -0.39 is 12.2 Å². The molecule has 84 valence electrons. The number of hydrogen-bond acceptors (Lipinski definition) is 2. The van der Waals surface area contributed by atoms with E-state index in [1.165, 1.54) is 0 Å². The Bertz CT molecular complexity index is 370. The van der Waals surface area contributed by atoms with Gasteiger partial charge in [0.2, 0.25) is 5.88 Å². The van der Waals surface area contributed by atoms with Crippen molar-refractivity contribution in [1.29, 1.82) is 0 Å². The maximum Gasteiger partial charge on any atom is 0.574 e. The molecule has 0 fully saturated rings. The Morgan fingerprint density at radius 2 is 2.13 bits per heavy atom. The SMILES string of the molecule is Cc1cc(I)c(CCl)c(OC(F)(F)F)n1. The molecule has 0 N–H and O–H groups in total. The smallest absolute Gasteiger partial charge is 0.387 e. The predicted octanol–water partition coefficient (Wildman–Crippen LogP) is 3.63. The average molecular weight is 351 g/mol. The topological polar surface area (TPSA) is 22.1 Å². The fourth-order valence-electron chi connectivity index (χ4n) is 0.948. The Morgan fingerprint density at radius 3 is 2.60 bits per heavy atom. The van der Waals surface area contributed by atoms with E-state index in [0.717, 1.165) is 0 Å². The van der Waals surface area contributed by atoms with Gasteiger partial charge >= 0.3 is 6.36 Å². The van der Waals surface area contributed by atoms with Crippen LogP contribution >= 0.6 is 34.2 Å². The van der Waals surface area contributed by atoms with Gasteiger partial charge in [0.05, 0.1) is 5.88 Å². The van der Waals surface area contributed by atoms with Crippen LogP contribution in [-0.4, -0.2) is 11.3 Å². The molecule has 15 heavy (non-hydrogen) atoms. The van der Waals surface area contributed by atoms with Gasteiger partial charge in [0, 0.05) is 14.8 Å². The summed E-state index contributed by atoms with van der Waals surface area (Å²) >= 11 is 7.42. The molecular formula is C8H6ClF3INO. The first-order chi connectivity index (χ1) is 6.83. The molecule has 1 heterocycles. The minimum absolute atomic E-state index is 0.0725. The van der Waals surface area contributed by atoms with E-state index in [1.54, 1.807) is 13.0 Å². The van der Waals surface area contributed by atoms with E-state index in [-0.39, 0.29) is 11.4 Å². The summed E-state index contributed by atoms with van der Waals surface area (Å²) in [5, 5.41) is 0. The molecule has 1 aromatic rings. The number of alkyl halides is 4. The Morgan fingerprint density at radius 1 is 1.53 bits per heavy atom. The molecule has 0 bridgehead atoms. The van der Waals surface area contributed by atoms with Crippen LogP contribution in [0.1, 0.15) is 11.3 Å². The van der Waals surface area contributed by atoms with E-state index in [4.69, 9.17) is 11.6 Å². The van der Waals surface area contributed by atoms with Crippen LogP contribution < -0.4 is 4.74 Å². The van der Waals surface area contributed by atoms with E-state index in [9.17, 15) is 13.2 Å². The van der Waals surface area contributed by atoms with Gasteiger partial charge in [-0.25, -0.2) is 4.98 Å². The summed E-state index contributed by atoms with van der Waals surface area (Å²) < 4.78 is 40.4. The largest absolute Gasteiger partial charge is 0.574 e. The molecule has 0 aliphatic heterocycles. The van der Waals surface area contributed by atoms with Crippen molar-refractivity contribution in [3.05, 3.63) is 20.9 Å². The van der Waals surface area contributed by atoms with Gasteiger partial charge in [0.25, 0.3) is 0 Å². The summed E-state index contributed by atoms with van der Waals surface area (Å²) in [7, 11) is 0. The highest BCUT2D eigenvalue weighted by atomic mass is 127. The monoisotopic (exact) mass is 351 g/mol. The third-order valence-corrected chi connectivity index (χ3v) is 2.74. The van der Waals surface area contributed by atoms with Gasteiger partial charge in [0.15, 0.2) is 0 Å². The van der Waals surface area contributed by atoms with Crippen molar-refractivity contribution in [3.63, 3.8) is 0 Å². The molecule has 1 aromatic heterocycles. The van der Waals surface area contributed by atoms with Gasteiger partial charge in [-0.15, -0.1) is 24.8 Å². The van der Waals surface area contributed by atoms with Gasteiger partial charge in [-0.1, -0.05) is 0 Å². The van der Waals surface area contributed by atoms with E-state index in [2.05, 4.69) is 9.72 Å². The Labute approximate surface area is 103 Å². The van der Waals surface area contributed by atoms with Crippen LogP contribution in [0, 0.1) is 10.5 Å². The molecule has 0 atom stereocenters.